The van der Waals surface area contributed by atoms with Crippen LogP contribution in [-0.2, 0) is 9.53 Å². The molecule has 0 unspecified atom stereocenters. The number of aliphatic hydroxyl groups is 3. The number of hydrogen-bond acceptors (Lipinski definition) is 7. The first-order valence-corrected chi connectivity index (χ1v) is 15.4. The summed E-state index contributed by atoms with van der Waals surface area (Å²) >= 11 is 7.64. The van der Waals surface area contributed by atoms with E-state index in [9.17, 15) is 20.1 Å². The molecule has 2 fully saturated rings. The molecule has 9 heteroatoms. The van der Waals surface area contributed by atoms with Gasteiger partial charge in [0, 0.05) is 0 Å². The summed E-state index contributed by atoms with van der Waals surface area (Å²) in [6.07, 6.45) is 11.8. The molecule has 2 aliphatic rings. The molecular formula is C26H49ClN2O5S. The predicted octanol–water partition coefficient (Wildman–Crippen LogP) is 3.56. The lowest BCUT2D eigenvalue weighted by atomic mass is 9.87. The number of alkyl halides is 1. The second kappa shape index (κ2) is 16.7. The summed E-state index contributed by atoms with van der Waals surface area (Å²) in [6, 6.07) is -1.01. The number of amides is 1. The number of carbonyl (C=O) groups is 1. The number of piperidine rings is 1. The minimum atomic E-state index is -1.37. The zero-order valence-corrected chi connectivity index (χ0v) is 23.4. The van der Waals surface area contributed by atoms with Crippen LogP contribution >= 0.6 is 23.4 Å². The Morgan fingerprint density at radius 3 is 2.29 bits per heavy atom. The molecule has 2 aliphatic heterocycles. The third-order valence-electron chi connectivity index (χ3n) is 7.54. The van der Waals surface area contributed by atoms with Crippen molar-refractivity contribution in [1.82, 2.24) is 10.6 Å². The van der Waals surface area contributed by atoms with E-state index >= 15 is 0 Å². The molecule has 2 rings (SSSR count). The van der Waals surface area contributed by atoms with Crippen LogP contribution < -0.4 is 10.6 Å². The highest BCUT2D eigenvalue weighted by Crippen LogP contribution is 2.30. The summed E-state index contributed by atoms with van der Waals surface area (Å²) in [6.45, 7) is 4.79. The zero-order chi connectivity index (χ0) is 25.8. The van der Waals surface area contributed by atoms with E-state index in [-0.39, 0.29) is 11.9 Å². The number of ether oxygens (including phenoxy) is 1. The summed E-state index contributed by atoms with van der Waals surface area (Å²) in [5.41, 5.74) is -0.707. The number of aliphatic hydroxyl groups excluding tert-OH is 3. The second-order valence-electron chi connectivity index (χ2n) is 10.4. The largest absolute Gasteiger partial charge is 0.388 e. The monoisotopic (exact) mass is 536 g/mol. The molecule has 0 bridgehead atoms. The molecule has 0 aliphatic carbocycles. The van der Waals surface area contributed by atoms with Crippen molar-refractivity contribution in [3.63, 3.8) is 0 Å². The topological polar surface area (TPSA) is 111 Å². The highest BCUT2D eigenvalue weighted by Gasteiger charge is 2.48. The Balaban J connectivity index is 1.79. The van der Waals surface area contributed by atoms with Crippen LogP contribution in [0.25, 0.3) is 0 Å². The predicted molar refractivity (Wildman–Crippen MR) is 144 cm³/mol. The number of rotatable bonds is 15. The highest BCUT2D eigenvalue weighted by atomic mass is 35.5. The fourth-order valence-corrected chi connectivity index (χ4v) is 6.18. The lowest BCUT2D eigenvalue weighted by Gasteiger charge is -2.44. The standard InChI is InChI=1S/C26H49ClN2O5S/c1-4-5-6-7-8-9-10-11-12-13-18-14-15-28-19(16-18)25(33)29-20(17(2)27)24-22(31)21(30)23(32)26(34-24)35-3/h17-24,26,28,30-32H,4-16H2,1-3H3,(H,29,33)/t17-,18+,19-,20+,21-,22+,23+,24+,26+/m0/s1. The van der Waals surface area contributed by atoms with Crippen LogP contribution in [-0.4, -0.2) is 81.3 Å². The van der Waals surface area contributed by atoms with Gasteiger partial charge in [-0.1, -0.05) is 71.1 Å². The summed E-state index contributed by atoms with van der Waals surface area (Å²) < 4.78 is 5.86. The fourth-order valence-electron chi connectivity index (χ4n) is 5.29. The van der Waals surface area contributed by atoms with Gasteiger partial charge < -0.3 is 30.7 Å². The van der Waals surface area contributed by atoms with Crippen LogP contribution in [0.1, 0.15) is 90.9 Å². The summed E-state index contributed by atoms with van der Waals surface area (Å²) in [4.78, 5) is 13.1. The maximum Gasteiger partial charge on any atom is 0.237 e. The maximum atomic E-state index is 13.1. The van der Waals surface area contributed by atoms with Crippen molar-refractivity contribution in [2.24, 2.45) is 5.92 Å². The summed E-state index contributed by atoms with van der Waals surface area (Å²) in [5, 5.41) is 36.7. The van der Waals surface area contributed by atoms with Gasteiger partial charge in [0.25, 0.3) is 0 Å². The van der Waals surface area contributed by atoms with E-state index in [0.717, 1.165) is 25.8 Å². The van der Waals surface area contributed by atoms with Crippen LogP contribution in [0.15, 0.2) is 0 Å². The van der Waals surface area contributed by atoms with E-state index < -0.39 is 41.3 Å². The Bertz CT molecular complexity index is 600. The first-order chi connectivity index (χ1) is 16.8. The van der Waals surface area contributed by atoms with Crippen molar-refractivity contribution in [3.05, 3.63) is 0 Å². The van der Waals surface area contributed by atoms with E-state index in [4.69, 9.17) is 16.3 Å². The molecule has 9 atom stereocenters. The normalized spacial score (nSPS) is 33.3. The Hall–Kier alpha value is -0.0900. The molecule has 206 valence electrons. The van der Waals surface area contributed by atoms with Gasteiger partial charge in [-0.2, -0.15) is 0 Å². The number of hydrogen-bond donors (Lipinski definition) is 5. The molecule has 0 radical (unpaired) electrons. The minimum Gasteiger partial charge on any atom is -0.388 e. The quantitative estimate of drug-likeness (QED) is 0.161. The number of halogens is 1. The van der Waals surface area contributed by atoms with Crippen LogP contribution in [0.2, 0.25) is 0 Å². The number of thioether (sulfide) groups is 1. The molecule has 0 aromatic heterocycles. The molecule has 0 aromatic carbocycles. The SMILES string of the molecule is CCCCCCCCCCC[C@@H]1CCN[C@H](C(=O)N[C@@H]([C@H]2O[C@H](SC)[C@H](O)[C@@H](O)[C@H]2O)[C@H](C)Cl)C1. The molecule has 0 saturated carbocycles. The van der Waals surface area contributed by atoms with E-state index in [1.54, 1.807) is 13.2 Å². The summed E-state index contributed by atoms with van der Waals surface area (Å²) in [7, 11) is 0. The van der Waals surface area contributed by atoms with Gasteiger partial charge in [0.15, 0.2) is 0 Å². The van der Waals surface area contributed by atoms with Gasteiger partial charge >= 0.3 is 0 Å². The third-order valence-corrected chi connectivity index (χ3v) is 8.67. The van der Waals surface area contributed by atoms with Crippen LogP contribution in [0.5, 0.6) is 0 Å². The number of unbranched alkanes of at least 4 members (excludes halogenated alkanes) is 8. The van der Waals surface area contributed by atoms with Crippen LogP contribution in [0.3, 0.4) is 0 Å². The third kappa shape index (κ3) is 9.95. The Labute approximate surface area is 221 Å². The van der Waals surface area contributed by atoms with E-state index in [1.165, 1.54) is 69.5 Å². The molecule has 2 saturated heterocycles. The molecule has 0 spiro atoms. The summed E-state index contributed by atoms with van der Waals surface area (Å²) in [5.74, 6) is 0.370. The maximum absolute atomic E-state index is 13.1. The number of nitrogens with one attached hydrogen (secondary N) is 2. The van der Waals surface area contributed by atoms with Gasteiger partial charge in [0.2, 0.25) is 5.91 Å². The van der Waals surface area contributed by atoms with Crippen molar-refractivity contribution in [1.29, 1.82) is 0 Å². The molecule has 2 heterocycles. The Kier molecular flexibility index (Phi) is 14.8. The van der Waals surface area contributed by atoms with Gasteiger partial charge in [0.05, 0.1) is 17.5 Å². The number of carbonyl (C=O) groups excluding carboxylic acids is 1. The first kappa shape index (κ1) is 31.1. The molecule has 5 N–H and O–H groups in total. The van der Waals surface area contributed by atoms with Crippen molar-refractivity contribution in [2.75, 3.05) is 12.8 Å². The van der Waals surface area contributed by atoms with E-state index in [1.807, 2.05) is 0 Å². The van der Waals surface area contributed by atoms with Crippen molar-refractivity contribution in [3.8, 4) is 0 Å². The zero-order valence-electron chi connectivity index (χ0n) is 21.8. The van der Waals surface area contributed by atoms with Gasteiger partial charge in [-0.3, -0.25) is 4.79 Å². The fraction of sp³-hybridized carbons (Fsp3) is 0.962. The van der Waals surface area contributed by atoms with Crippen molar-refractivity contribution in [2.45, 2.75) is 138 Å². The van der Waals surface area contributed by atoms with Gasteiger partial charge in [-0.05, 0) is 38.5 Å². The Morgan fingerprint density at radius 2 is 1.69 bits per heavy atom. The average molecular weight is 537 g/mol. The molecule has 1 amide bonds. The smallest absolute Gasteiger partial charge is 0.237 e. The average Bonchev–Trinajstić information content (AvgIpc) is 2.85. The second-order valence-corrected chi connectivity index (χ2v) is 12.0. The molecular weight excluding hydrogens is 488 g/mol. The minimum absolute atomic E-state index is 0.156. The molecule has 35 heavy (non-hydrogen) atoms. The molecule has 7 nitrogen and oxygen atoms in total. The highest BCUT2D eigenvalue weighted by molar-refractivity contribution is 7.99. The first-order valence-electron chi connectivity index (χ1n) is 13.7. The molecule has 0 aromatic rings. The van der Waals surface area contributed by atoms with E-state index in [0.29, 0.717) is 5.92 Å². The van der Waals surface area contributed by atoms with Crippen LogP contribution in [0, 0.1) is 5.92 Å². The van der Waals surface area contributed by atoms with E-state index in [2.05, 4.69) is 17.6 Å². The van der Waals surface area contributed by atoms with Gasteiger partial charge in [0.1, 0.15) is 29.9 Å². The van der Waals surface area contributed by atoms with Crippen LogP contribution in [0.4, 0.5) is 0 Å². The van der Waals surface area contributed by atoms with Crippen molar-refractivity contribution >= 4 is 29.3 Å². The Morgan fingerprint density at radius 1 is 1.06 bits per heavy atom. The lowest BCUT2D eigenvalue weighted by molar-refractivity contribution is -0.205. The van der Waals surface area contributed by atoms with Crippen molar-refractivity contribution < 1.29 is 24.9 Å². The van der Waals surface area contributed by atoms with Gasteiger partial charge in [-0.15, -0.1) is 23.4 Å². The van der Waals surface area contributed by atoms with Gasteiger partial charge in [-0.25, -0.2) is 0 Å². The lowest BCUT2D eigenvalue weighted by Crippen LogP contribution is -2.65.